The highest BCUT2D eigenvalue weighted by Crippen LogP contribution is 2.41. The molecule has 18 heavy (non-hydrogen) atoms. The molecule has 0 saturated heterocycles. The van der Waals surface area contributed by atoms with Crippen LogP contribution in [0.25, 0.3) is 0 Å². The lowest BCUT2D eigenvalue weighted by Gasteiger charge is -2.26. The molecule has 1 fully saturated rings. The molecule has 0 aromatic carbocycles. The Bertz CT molecular complexity index is 474. The number of carbonyl (C=O) groups is 1. The average Bonchev–Trinajstić information content (AvgIpc) is 3.11. The van der Waals surface area contributed by atoms with Crippen molar-refractivity contribution < 1.29 is 9.90 Å². The summed E-state index contributed by atoms with van der Waals surface area (Å²) in [6, 6.07) is 1.96. The highest BCUT2D eigenvalue weighted by atomic mass is 79.9. The van der Waals surface area contributed by atoms with Crippen LogP contribution in [0.3, 0.4) is 0 Å². The summed E-state index contributed by atoms with van der Waals surface area (Å²) in [5.41, 5.74) is 1.59. The van der Waals surface area contributed by atoms with Gasteiger partial charge in [0.25, 0.3) is 0 Å². The summed E-state index contributed by atoms with van der Waals surface area (Å²) in [5, 5.41) is 12.3. The summed E-state index contributed by atoms with van der Waals surface area (Å²) in [6.45, 7) is 2.54. The van der Waals surface area contributed by atoms with Crippen LogP contribution in [0.5, 0.6) is 0 Å². The van der Waals surface area contributed by atoms with Gasteiger partial charge in [0.05, 0.1) is 23.1 Å². The molecule has 6 heteroatoms. The maximum absolute atomic E-state index is 11.0. The first-order chi connectivity index (χ1) is 8.44. The van der Waals surface area contributed by atoms with Crippen LogP contribution in [0.1, 0.15) is 18.5 Å². The maximum atomic E-state index is 11.0. The fourth-order valence-corrected chi connectivity index (χ4v) is 2.20. The van der Waals surface area contributed by atoms with Gasteiger partial charge < -0.3 is 15.3 Å². The summed E-state index contributed by atoms with van der Waals surface area (Å²) in [6.07, 6.45) is 2.70. The van der Waals surface area contributed by atoms with Crippen molar-refractivity contribution in [1.82, 2.24) is 9.88 Å². The molecule has 1 aromatic heterocycles. The molecule has 0 unspecified atom stereocenters. The van der Waals surface area contributed by atoms with Gasteiger partial charge in [0.2, 0.25) is 0 Å². The largest absolute Gasteiger partial charge is 0.465 e. The van der Waals surface area contributed by atoms with Crippen molar-refractivity contribution in [2.75, 3.05) is 18.9 Å². The molecule has 1 aliphatic rings. The molecule has 1 aromatic rings. The number of carboxylic acid groups (broad SMARTS) is 1. The SMILES string of the molecule is Cc1ncc(NCC2(N(C)C(=O)O)CC2)cc1Br. The first-order valence-electron chi connectivity index (χ1n) is 5.77. The van der Waals surface area contributed by atoms with E-state index in [1.165, 1.54) is 4.90 Å². The third-order valence-corrected chi connectivity index (χ3v) is 4.28. The molecule has 1 amide bonds. The number of hydrogen-bond acceptors (Lipinski definition) is 3. The fourth-order valence-electron chi connectivity index (χ4n) is 1.85. The molecule has 5 nitrogen and oxygen atoms in total. The normalized spacial score (nSPS) is 16.2. The number of aryl methyl sites for hydroxylation is 1. The summed E-state index contributed by atoms with van der Waals surface area (Å²) >= 11 is 3.43. The van der Waals surface area contributed by atoms with Gasteiger partial charge in [0, 0.05) is 18.1 Å². The van der Waals surface area contributed by atoms with E-state index in [1.54, 1.807) is 13.2 Å². The zero-order valence-corrected chi connectivity index (χ0v) is 12.0. The molecule has 1 saturated carbocycles. The molecule has 0 aliphatic heterocycles. The van der Waals surface area contributed by atoms with E-state index in [4.69, 9.17) is 5.11 Å². The van der Waals surface area contributed by atoms with Crippen LogP contribution in [-0.2, 0) is 0 Å². The third-order valence-electron chi connectivity index (χ3n) is 3.47. The van der Waals surface area contributed by atoms with E-state index in [1.807, 2.05) is 13.0 Å². The Morgan fingerprint density at radius 3 is 2.83 bits per heavy atom. The van der Waals surface area contributed by atoms with Gasteiger partial charge in [-0.3, -0.25) is 4.98 Å². The molecule has 0 atom stereocenters. The molecule has 2 N–H and O–H groups in total. The lowest BCUT2D eigenvalue weighted by Crippen LogP contribution is -2.42. The first-order valence-corrected chi connectivity index (χ1v) is 6.57. The van der Waals surface area contributed by atoms with Crippen LogP contribution < -0.4 is 5.32 Å². The van der Waals surface area contributed by atoms with Crippen LogP contribution in [0.15, 0.2) is 16.7 Å². The van der Waals surface area contributed by atoms with E-state index in [0.717, 1.165) is 28.7 Å². The summed E-state index contributed by atoms with van der Waals surface area (Å²) < 4.78 is 0.948. The number of halogens is 1. The quantitative estimate of drug-likeness (QED) is 0.897. The second-order valence-corrected chi connectivity index (χ2v) is 5.57. The molecular formula is C12H16BrN3O2. The number of pyridine rings is 1. The zero-order chi connectivity index (χ0) is 13.3. The van der Waals surface area contributed by atoms with Crippen LogP contribution >= 0.6 is 15.9 Å². The number of amides is 1. The Labute approximate surface area is 114 Å². The number of rotatable bonds is 4. The first kappa shape index (κ1) is 13.1. The molecular weight excluding hydrogens is 298 g/mol. The topological polar surface area (TPSA) is 65.5 Å². The summed E-state index contributed by atoms with van der Waals surface area (Å²) in [4.78, 5) is 16.6. The summed E-state index contributed by atoms with van der Waals surface area (Å²) in [7, 11) is 1.63. The van der Waals surface area contributed by atoms with Crippen LogP contribution in [0, 0.1) is 6.92 Å². The molecule has 0 radical (unpaired) electrons. The van der Waals surface area contributed by atoms with Crippen molar-refractivity contribution in [1.29, 1.82) is 0 Å². The van der Waals surface area contributed by atoms with E-state index in [2.05, 4.69) is 26.2 Å². The number of anilines is 1. The smallest absolute Gasteiger partial charge is 0.407 e. The van der Waals surface area contributed by atoms with Crippen LogP contribution in [0.4, 0.5) is 10.5 Å². The lowest BCUT2D eigenvalue weighted by molar-refractivity contribution is 0.135. The zero-order valence-electron chi connectivity index (χ0n) is 10.4. The van der Waals surface area contributed by atoms with Gasteiger partial charge in [0.1, 0.15) is 0 Å². The van der Waals surface area contributed by atoms with E-state index < -0.39 is 6.09 Å². The molecule has 98 valence electrons. The Morgan fingerprint density at radius 1 is 1.67 bits per heavy atom. The highest BCUT2D eigenvalue weighted by molar-refractivity contribution is 9.10. The van der Waals surface area contributed by atoms with Gasteiger partial charge in [-0.05, 0) is 41.8 Å². The van der Waals surface area contributed by atoms with E-state index in [0.29, 0.717) is 6.54 Å². The second kappa shape index (κ2) is 4.76. The minimum atomic E-state index is -0.877. The van der Waals surface area contributed by atoms with Gasteiger partial charge in [-0.1, -0.05) is 0 Å². The van der Waals surface area contributed by atoms with Gasteiger partial charge in [-0.15, -0.1) is 0 Å². The minimum absolute atomic E-state index is 0.247. The van der Waals surface area contributed by atoms with Gasteiger partial charge in [-0.25, -0.2) is 4.79 Å². The number of aromatic nitrogens is 1. The van der Waals surface area contributed by atoms with Gasteiger partial charge >= 0.3 is 6.09 Å². The van der Waals surface area contributed by atoms with Crippen molar-refractivity contribution in [3.05, 3.63) is 22.4 Å². The molecule has 0 spiro atoms. The highest BCUT2D eigenvalue weighted by Gasteiger charge is 2.48. The number of nitrogens with zero attached hydrogens (tertiary/aromatic N) is 2. The summed E-state index contributed by atoms with van der Waals surface area (Å²) in [5.74, 6) is 0. The van der Waals surface area contributed by atoms with E-state index >= 15 is 0 Å². The standard InChI is InChI=1S/C12H16BrN3O2/c1-8-10(13)5-9(6-14-8)15-7-12(3-4-12)16(2)11(17)18/h5-6,15H,3-4,7H2,1-2H3,(H,17,18). The number of nitrogens with one attached hydrogen (secondary N) is 1. The number of hydrogen-bond donors (Lipinski definition) is 2. The van der Waals surface area contributed by atoms with E-state index in [9.17, 15) is 4.79 Å². The molecule has 1 heterocycles. The lowest BCUT2D eigenvalue weighted by atomic mass is 10.2. The predicted octanol–water partition coefficient (Wildman–Crippen LogP) is 2.71. The fraction of sp³-hybridized carbons (Fsp3) is 0.500. The second-order valence-electron chi connectivity index (χ2n) is 4.71. The van der Waals surface area contributed by atoms with Gasteiger partial charge in [0.15, 0.2) is 0 Å². The van der Waals surface area contributed by atoms with Crippen molar-refractivity contribution >= 4 is 27.7 Å². The Kier molecular flexibility index (Phi) is 3.47. The van der Waals surface area contributed by atoms with Crippen molar-refractivity contribution in [2.24, 2.45) is 0 Å². The minimum Gasteiger partial charge on any atom is -0.465 e. The van der Waals surface area contributed by atoms with Crippen LogP contribution in [0.2, 0.25) is 0 Å². The molecule has 0 bridgehead atoms. The monoisotopic (exact) mass is 313 g/mol. The maximum Gasteiger partial charge on any atom is 0.407 e. The van der Waals surface area contributed by atoms with Crippen LogP contribution in [-0.4, -0.2) is 40.2 Å². The average molecular weight is 314 g/mol. The Morgan fingerprint density at radius 2 is 2.33 bits per heavy atom. The Hall–Kier alpha value is -1.30. The molecule has 2 rings (SSSR count). The number of likely N-dealkylation sites (N-methyl/N-ethyl adjacent to an activating group) is 1. The Balaban J connectivity index is 1.99. The van der Waals surface area contributed by atoms with Gasteiger partial charge in [-0.2, -0.15) is 0 Å². The van der Waals surface area contributed by atoms with Crippen molar-refractivity contribution in [3.63, 3.8) is 0 Å². The molecule has 1 aliphatic carbocycles. The van der Waals surface area contributed by atoms with E-state index in [-0.39, 0.29) is 5.54 Å². The third kappa shape index (κ3) is 2.58. The van der Waals surface area contributed by atoms with Crippen molar-refractivity contribution in [3.8, 4) is 0 Å². The van der Waals surface area contributed by atoms with Crippen molar-refractivity contribution in [2.45, 2.75) is 25.3 Å². The predicted molar refractivity (Wildman–Crippen MR) is 72.9 cm³/mol.